The van der Waals surface area contributed by atoms with E-state index in [9.17, 15) is 4.79 Å². The molecule has 0 aliphatic carbocycles. The molecule has 0 aliphatic rings. The van der Waals surface area contributed by atoms with E-state index in [2.05, 4.69) is 16.8 Å². The van der Waals surface area contributed by atoms with E-state index in [1.165, 1.54) is 0 Å². The van der Waals surface area contributed by atoms with Gasteiger partial charge in [0.15, 0.2) is 0 Å². The van der Waals surface area contributed by atoms with Crippen molar-refractivity contribution in [2.75, 3.05) is 6.61 Å². The van der Waals surface area contributed by atoms with E-state index in [1.54, 1.807) is 0 Å². The van der Waals surface area contributed by atoms with E-state index < -0.39 is 11.8 Å². The first-order valence-electron chi connectivity index (χ1n) is 6.21. The Morgan fingerprint density at radius 1 is 1.12 bits per heavy atom. The molecule has 17 heavy (non-hydrogen) atoms. The second kappa shape index (κ2) is 9.24. The molecule has 0 aromatic rings. The maximum atomic E-state index is 11.0. The molecule has 0 aliphatic heterocycles. The maximum absolute atomic E-state index is 11.0. The Bertz CT molecular complexity index is 203. The Morgan fingerprint density at radius 3 is 2.35 bits per heavy atom. The summed E-state index contributed by atoms with van der Waals surface area (Å²) in [6, 6.07) is 0. The van der Waals surface area contributed by atoms with Crippen LogP contribution in [0.3, 0.4) is 0 Å². The van der Waals surface area contributed by atoms with Gasteiger partial charge in [0.25, 0.3) is 0 Å². The Balaban J connectivity index is 3.57. The van der Waals surface area contributed by atoms with Crippen LogP contribution in [0, 0.1) is 0 Å². The molecule has 0 atom stereocenters. The first-order chi connectivity index (χ1) is 8.02. The summed E-state index contributed by atoms with van der Waals surface area (Å²) in [5, 5.41) is 4.41. The first kappa shape index (κ1) is 16.2. The molecule has 0 amide bonds. The van der Waals surface area contributed by atoms with Gasteiger partial charge in [0.05, 0.1) is 6.61 Å². The van der Waals surface area contributed by atoms with Crippen LogP contribution in [-0.4, -0.2) is 18.4 Å². The zero-order valence-corrected chi connectivity index (χ0v) is 11.3. The summed E-state index contributed by atoms with van der Waals surface area (Å²) < 4.78 is 4.71. The van der Waals surface area contributed by atoms with Crippen LogP contribution in [-0.2, 0) is 19.6 Å². The van der Waals surface area contributed by atoms with Gasteiger partial charge in [-0.3, -0.25) is 0 Å². The normalized spacial score (nSPS) is 11.3. The predicted octanol–water partition coefficient (Wildman–Crippen LogP) is 3.77. The fraction of sp³-hybridized carbons (Fsp3) is 0.917. The summed E-state index contributed by atoms with van der Waals surface area (Å²) in [7, 11) is 0. The molecular weight excluding hydrogens is 224 g/mol. The average molecular weight is 248 g/mol. The molecule has 0 fully saturated rings. The van der Waals surface area contributed by atoms with Crippen molar-refractivity contribution in [3.63, 3.8) is 0 Å². The van der Waals surface area contributed by atoms with Crippen LogP contribution in [0.2, 0.25) is 0 Å². The summed E-state index contributed by atoms with van der Waals surface area (Å²) in [6.07, 6.45) is 3.82. The van der Waals surface area contributed by atoms with Crippen molar-refractivity contribution in [1.82, 2.24) is 0 Å². The Morgan fingerprint density at radius 2 is 1.76 bits per heavy atom. The maximum Gasteiger partial charge on any atom is 0.542 e. The van der Waals surface area contributed by atoms with Gasteiger partial charge in [-0.1, -0.05) is 33.1 Å². The molecule has 0 unspecified atom stereocenters. The van der Waals surface area contributed by atoms with Gasteiger partial charge in [0.2, 0.25) is 0 Å². The third-order valence-electron chi connectivity index (χ3n) is 2.21. The smallest absolute Gasteiger partial charge is 0.432 e. The molecule has 5 nitrogen and oxygen atoms in total. The van der Waals surface area contributed by atoms with Crippen LogP contribution in [0.5, 0.6) is 0 Å². The molecule has 0 radical (unpaired) electrons. The highest BCUT2D eigenvalue weighted by Gasteiger charge is 2.20. The van der Waals surface area contributed by atoms with Crippen molar-refractivity contribution in [1.29, 1.82) is 0 Å². The lowest BCUT2D eigenvalue weighted by Crippen LogP contribution is -2.25. The molecule has 0 heterocycles. The van der Waals surface area contributed by atoms with Gasteiger partial charge in [-0.15, -0.1) is 0 Å². The third-order valence-corrected chi connectivity index (χ3v) is 2.21. The predicted molar refractivity (Wildman–Crippen MR) is 63.1 cm³/mol. The van der Waals surface area contributed by atoms with Crippen molar-refractivity contribution < 1.29 is 24.3 Å². The number of carbonyl (C=O) groups is 1. The number of rotatable bonds is 9. The molecule has 0 bridgehead atoms. The van der Waals surface area contributed by atoms with Crippen LogP contribution in [0.4, 0.5) is 4.79 Å². The van der Waals surface area contributed by atoms with E-state index in [-0.39, 0.29) is 0 Å². The van der Waals surface area contributed by atoms with Gasteiger partial charge in [0, 0.05) is 0 Å². The van der Waals surface area contributed by atoms with Crippen LogP contribution in [0.15, 0.2) is 0 Å². The largest absolute Gasteiger partial charge is 0.542 e. The molecule has 102 valence electrons. The van der Waals surface area contributed by atoms with E-state index in [0.717, 1.165) is 32.1 Å². The summed E-state index contributed by atoms with van der Waals surface area (Å²) in [4.78, 5) is 20.3. The standard InChI is InChI=1S/C12H24O5/c1-5-7-9-12(3,4)16-17-15-11(13)14-10-8-6-2/h5-10H2,1-4H3. The Labute approximate surface area is 103 Å². The van der Waals surface area contributed by atoms with Crippen LogP contribution in [0.1, 0.15) is 59.8 Å². The SMILES string of the molecule is CCCCOC(=O)OOOC(C)(C)CCCC. The average Bonchev–Trinajstić information content (AvgIpc) is 2.26. The van der Waals surface area contributed by atoms with Crippen LogP contribution >= 0.6 is 0 Å². The zero-order valence-electron chi connectivity index (χ0n) is 11.3. The lowest BCUT2D eigenvalue weighted by molar-refractivity contribution is -0.517. The fourth-order valence-corrected chi connectivity index (χ4v) is 1.10. The topological polar surface area (TPSA) is 54.0 Å². The second-order valence-corrected chi connectivity index (χ2v) is 4.55. The number of unbranched alkanes of at least 4 members (excludes halogenated alkanes) is 2. The monoisotopic (exact) mass is 248 g/mol. The summed E-state index contributed by atoms with van der Waals surface area (Å²) in [6.45, 7) is 8.17. The first-order valence-corrected chi connectivity index (χ1v) is 6.21. The van der Waals surface area contributed by atoms with Crippen LogP contribution < -0.4 is 0 Å². The van der Waals surface area contributed by atoms with E-state index in [1.807, 2.05) is 20.8 Å². The van der Waals surface area contributed by atoms with Gasteiger partial charge in [-0.05, 0) is 31.7 Å². The molecule has 0 N–H and O–H groups in total. The van der Waals surface area contributed by atoms with Crippen molar-refractivity contribution in [3.05, 3.63) is 0 Å². The van der Waals surface area contributed by atoms with Gasteiger partial charge in [-0.25, -0.2) is 9.68 Å². The van der Waals surface area contributed by atoms with E-state index >= 15 is 0 Å². The number of carbonyl (C=O) groups excluding carboxylic acids is 1. The van der Waals surface area contributed by atoms with Crippen LogP contribution in [0.25, 0.3) is 0 Å². The fourth-order valence-electron chi connectivity index (χ4n) is 1.10. The molecular formula is C12H24O5. The minimum Gasteiger partial charge on any atom is -0.432 e. The molecule has 0 aromatic heterocycles. The second-order valence-electron chi connectivity index (χ2n) is 4.55. The summed E-state index contributed by atoms with van der Waals surface area (Å²) in [5.41, 5.74) is -0.473. The van der Waals surface area contributed by atoms with Crippen molar-refractivity contribution >= 4 is 6.16 Å². The summed E-state index contributed by atoms with van der Waals surface area (Å²) in [5.74, 6) is 0. The van der Waals surface area contributed by atoms with Crippen molar-refractivity contribution in [3.8, 4) is 0 Å². The minimum atomic E-state index is -0.871. The Kier molecular flexibility index (Phi) is 8.80. The number of hydrogen-bond donors (Lipinski definition) is 0. The lowest BCUT2D eigenvalue weighted by atomic mass is 10.0. The molecule has 5 heteroatoms. The lowest BCUT2D eigenvalue weighted by Gasteiger charge is -2.21. The van der Waals surface area contributed by atoms with E-state index in [4.69, 9.17) is 9.62 Å². The van der Waals surface area contributed by atoms with Gasteiger partial charge in [0.1, 0.15) is 5.60 Å². The zero-order chi connectivity index (χ0) is 13.1. The Hall–Kier alpha value is -0.810. The van der Waals surface area contributed by atoms with Gasteiger partial charge >= 0.3 is 6.16 Å². The van der Waals surface area contributed by atoms with Crippen molar-refractivity contribution in [2.24, 2.45) is 0 Å². The highest BCUT2D eigenvalue weighted by molar-refractivity contribution is 5.58. The highest BCUT2D eigenvalue weighted by atomic mass is 17.5. The number of ether oxygens (including phenoxy) is 1. The number of hydrogen-bond acceptors (Lipinski definition) is 5. The molecule has 0 aromatic carbocycles. The quantitative estimate of drug-likeness (QED) is 0.269. The highest BCUT2D eigenvalue weighted by Crippen LogP contribution is 2.18. The van der Waals surface area contributed by atoms with Crippen molar-refractivity contribution in [2.45, 2.75) is 65.4 Å². The van der Waals surface area contributed by atoms with Gasteiger partial charge < -0.3 is 4.74 Å². The molecule has 0 spiro atoms. The third kappa shape index (κ3) is 10.1. The molecule has 0 saturated carbocycles. The minimum absolute atomic E-state index is 0.331. The van der Waals surface area contributed by atoms with Gasteiger partial charge in [-0.2, -0.15) is 4.89 Å². The summed E-state index contributed by atoms with van der Waals surface area (Å²) >= 11 is 0. The molecule has 0 rings (SSSR count). The molecule has 0 saturated heterocycles. The van der Waals surface area contributed by atoms with E-state index in [0.29, 0.717) is 6.61 Å².